The molecule has 0 spiro atoms. The molecule has 9 nitrogen and oxygen atoms in total. The number of amides is 2. The van der Waals surface area contributed by atoms with Gasteiger partial charge in [-0.1, -0.05) is 6.07 Å². The van der Waals surface area contributed by atoms with Crippen LogP contribution in [-0.2, 0) is 9.53 Å². The van der Waals surface area contributed by atoms with Crippen LogP contribution in [0.4, 0.5) is 4.79 Å². The Labute approximate surface area is 218 Å². The Morgan fingerprint density at radius 2 is 2.03 bits per heavy atom. The first-order chi connectivity index (χ1) is 17.7. The largest absolute Gasteiger partial charge is 0.488 e. The molecule has 1 saturated carbocycles. The number of piperidine rings is 1. The molecule has 0 bridgehead atoms. The van der Waals surface area contributed by atoms with E-state index in [1.54, 1.807) is 11.1 Å². The maximum atomic E-state index is 12.4. The smallest absolute Gasteiger partial charge is 0.410 e. The number of hydrogen-bond donors (Lipinski definition) is 1. The average molecular weight is 522 g/mol. The molecule has 3 heterocycles. The molecule has 1 aromatic carbocycles. The van der Waals surface area contributed by atoms with E-state index >= 15 is 0 Å². The number of nitriles is 1. The van der Waals surface area contributed by atoms with Crippen molar-refractivity contribution in [2.45, 2.75) is 64.2 Å². The number of nitrogens with zero attached hydrogens (tertiary/aromatic N) is 4. The van der Waals surface area contributed by atoms with E-state index in [1.165, 1.54) is 0 Å². The van der Waals surface area contributed by atoms with E-state index in [4.69, 9.17) is 9.47 Å². The minimum atomic E-state index is -0.538. The van der Waals surface area contributed by atoms with Gasteiger partial charge in [0.05, 0.1) is 17.3 Å². The monoisotopic (exact) mass is 521 g/mol. The number of aromatic nitrogens is 1. The molecule has 2 amide bonds. The molecule has 5 rings (SSSR count). The number of carbonyl (C=O) groups is 2. The lowest BCUT2D eigenvalue weighted by Gasteiger charge is -2.33. The third-order valence-electron chi connectivity index (χ3n) is 6.25. The zero-order valence-corrected chi connectivity index (χ0v) is 22.1. The maximum Gasteiger partial charge on any atom is 0.410 e. The van der Waals surface area contributed by atoms with Gasteiger partial charge in [-0.3, -0.25) is 14.8 Å². The highest BCUT2D eigenvalue weighted by Gasteiger charge is 2.29. The fourth-order valence-corrected chi connectivity index (χ4v) is 5.97. The molecule has 1 aromatic heterocycles. The summed E-state index contributed by atoms with van der Waals surface area (Å²) in [7, 11) is -0.417. The van der Waals surface area contributed by atoms with Crippen LogP contribution in [0.5, 0.6) is 5.75 Å². The van der Waals surface area contributed by atoms with Crippen LogP contribution in [-0.4, -0.2) is 69.0 Å². The Kier molecular flexibility index (Phi) is 6.90. The fourth-order valence-electron chi connectivity index (χ4n) is 4.28. The Balaban J connectivity index is 1.37. The zero-order chi connectivity index (χ0) is 26.2. The lowest BCUT2D eigenvalue weighted by atomic mass is 10.1. The number of amidine groups is 1. The first-order valence-corrected chi connectivity index (χ1v) is 14.0. The number of nitrogens with one attached hydrogen (secondary N) is 1. The van der Waals surface area contributed by atoms with Crippen LogP contribution in [0, 0.1) is 11.3 Å². The van der Waals surface area contributed by atoms with E-state index < -0.39 is 16.1 Å². The highest BCUT2D eigenvalue weighted by atomic mass is 32.2. The normalized spacial score (nSPS) is 21.8. The lowest BCUT2D eigenvalue weighted by molar-refractivity contribution is -0.116. The van der Waals surface area contributed by atoms with Crippen molar-refractivity contribution in [1.82, 2.24) is 15.2 Å². The molecule has 2 saturated heterocycles. The summed E-state index contributed by atoms with van der Waals surface area (Å²) in [5.74, 6) is 0.906. The summed E-state index contributed by atoms with van der Waals surface area (Å²) < 4.78 is 11.9. The van der Waals surface area contributed by atoms with Crippen LogP contribution < -0.4 is 10.1 Å². The molecule has 1 aliphatic carbocycles. The SMILES string of the molecule is CC(C)(C)OC(=O)N1CCC(Oc2c(C#N)cnc3ccc(C=S4CC(=O)NC4=NC4CC4)cc23)CC1. The molecule has 194 valence electrons. The van der Waals surface area contributed by atoms with Crippen molar-refractivity contribution in [3.8, 4) is 11.8 Å². The second-order valence-corrected chi connectivity index (χ2v) is 12.3. The van der Waals surface area contributed by atoms with Gasteiger partial charge in [0.2, 0.25) is 5.91 Å². The van der Waals surface area contributed by atoms with Gasteiger partial charge < -0.3 is 19.7 Å². The first kappa shape index (κ1) is 25.2. The minimum absolute atomic E-state index is 0.00467. The number of pyridine rings is 1. The number of benzene rings is 1. The number of ether oxygens (including phenoxy) is 2. The summed E-state index contributed by atoms with van der Waals surface area (Å²) in [6.45, 7) is 6.61. The number of aliphatic imine (C=N–C) groups is 1. The van der Waals surface area contributed by atoms with Gasteiger partial charge in [-0.05, 0) is 56.7 Å². The predicted octanol–water partition coefficient (Wildman–Crippen LogP) is 3.95. The molecular formula is C27H31N5O4S. The number of likely N-dealkylation sites (tertiary alicyclic amines) is 1. The van der Waals surface area contributed by atoms with E-state index in [9.17, 15) is 14.9 Å². The van der Waals surface area contributed by atoms with Crippen molar-refractivity contribution in [2.75, 3.05) is 18.8 Å². The number of hydrogen-bond acceptors (Lipinski definition) is 7. The van der Waals surface area contributed by atoms with E-state index in [0.717, 1.165) is 34.5 Å². The first-order valence-electron chi connectivity index (χ1n) is 12.6. The highest BCUT2D eigenvalue weighted by molar-refractivity contribution is 8.29. The molecule has 10 heteroatoms. The van der Waals surface area contributed by atoms with E-state index in [-0.39, 0.29) is 18.1 Å². The van der Waals surface area contributed by atoms with Crippen molar-refractivity contribution in [3.63, 3.8) is 0 Å². The van der Waals surface area contributed by atoms with E-state index in [0.29, 0.717) is 49.0 Å². The maximum absolute atomic E-state index is 12.4. The van der Waals surface area contributed by atoms with Gasteiger partial charge in [-0.2, -0.15) is 5.26 Å². The summed E-state index contributed by atoms with van der Waals surface area (Å²) >= 11 is 0. The Hall–Kier alpha value is -3.45. The molecule has 3 fully saturated rings. The summed E-state index contributed by atoms with van der Waals surface area (Å²) in [4.78, 5) is 35.3. The molecule has 0 radical (unpaired) electrons. The van der Waals surface area contributed by atoms with Gasteiger partial charge in [0.15, 0.2) is 5.17 Å². The highest BCUT2D eigenvalue weighted by Crippen LogP contribution is 2.33. The van der Waals surface area contributed by atoms with Crippen molar-refractivity contribution in [3.05, 3.63) is 35.5 Å². The average Bonchev–Trinajstić information content (AvgIpc) is 3.60. The van der Waals surface area contributed by atoms with Crippen LogP contribution in [0.25, 0.3) is 10.9 Å². The Morgan fingerprint density at radius 1 is 1.27 bits per heavy atom. The standard InChI is InChI=1S/C27H31N5O4S/c1-27(2,3)36-26(34)32-10-8-20(9-11-32)35-24-18(13-28)14-29-22-7-4-17(12-21(22)24)15-37-16-23(33)31-25(37)30-19-5-6-19/h4,7,12,14-15,19-20H,5-6,8-11,16H2,1-3H3,(H,30,31,33). The van der Waals surface area contributed by atoms with Gasteiger partial charge in [-0.15, -0.1) is 10.5 Å². The van der Waals surface area contributed by atoms with Crippen molar-refractivity contribution < 1.29 is 19.1 Å². The third-order valence-corrected chi connectivity index (χ3v) is 8.08. The van der Waals surface area contributed by atoms with Gasteiger partial charge >= 0.3 is 6.09 Å². The topological polar surface area (TPSA) is 117 Å². The molecular weight excluding hydrogens is 490 g/mol. The number of carbonyl (C=O) groups excluding carboxylic acids is 2. The zero-order valence-electron chi connectivity index (χ0n) is 21.3. The van der Waals surface area contributed by atoms with Gasteiger partial charge in [-0.25, -0.2) is 4.79 Å². The molecule has 1 N–H and O–H groups in total. The molecule has 1 atom stereocenters. The summed E-state index contributed by atoms with van der Waals surface area (Å²) in [5.41, 5.74) is 1.49. The third kappa shape index (κ3) is 6.10. The summed E-state index contributed by atoms with van der Waals surface area (Å²) in [6, 6.07) is 8.39. The van der Waals surface area contributed by atoms with Crippen LogP contribution in [0.3, 0.4) is 0 Å². The summed E-state index contributed by atoms with van der Waals surface area (Å²) in [5, 5.41) is 16.3. The Bertz CT molecular complexity index is 1350. The van der Waals surface area contributed by atoms with Crippen LogP contribution in [0.2, 0.25) is 0 Å². The molecule has 3 aliphatic rings. The lowest BCUT2D eigenvalue weighted by Crippen LogP contribution is -2.44. The summed E-state index contributed by atoms with van der Waals surface area (Å²) in [6.07, 6.45) is 4.51. The van der Waals surface area contributed by atoms with Crippen molar-refractivity contribution >= 4 is 43.9 Å². The van der Waals surface area contributed by atoms with Gasteiger partial charge in [0.1, 0.15) is 29.1 Å². The molecule has 2 aromatic rings. The van der Waals surface area contributed by atoms with Crippen LogP contribution >= 0.6 is 10.5 Å². The van der Waals surface area contributed by atoms with Gasteiger partial charge in [0.25, 0.3) is 0 Å². The van der Waals surface area contributed by atoms with E-state index in [2.05, 4.69) is 26.7 Å². The second-order valence-electron chi connectivity index (χ2n) is 10.6. The van der Waals surface area contributed by atoms with Gasteiger partial charge in [0, 0.05) is 37.5 Å². The fraction of sp³-hybridized carbons (Fsp3) is 0.481. The number of fused-ring (bicyclic) bond motifs is 1. The second kappa shape index (κ2) is 10.1. The Morgan fingerprint density at radius 3 is 2.70 bits per heavy atom. The molecule has 2 aliphatic heterocycles. The quantitative estimate of drug-likeness (QED) is 0.609. The molecule has 37 heavy (non-hydrogen) atoms. The van der Waals surface area contributed by atoms with Crippen molar-refractivity contribution in [2.24, 2.45) is 4.99 Å². The van der Waals surface area contributed by atoms with E-state index in [1.807, 2.05) is 39.0 Å². The number of rotatable bonds is 4. The van der Waals surface area contributed by atoms with Crippen LogP contribution in [0.1, 0.15) is 57.6 Å². The van der Waals surface area contributed by atoms with Crippen molar-refractivity contribution in [1.29, 1.82) is 5.26 Å². The minimum Gasteiger partial charge on any atom is -0.488 e. The predicted molar refractivity (Wildman–Crippen MR) is 144 cm³/mol. The molecule has 1 unspecified atom stereocenters. The van der Waals surface area contributed by atoms with Crippen LogP contribution in [0.15, 0.2) is 29.4 Å².